The molecule has 1 rings (SSSR count). The lowest BCUT2D eigenvalue weighted by Gasteiger charge is -2.00. The highest BCUT2D eigenvalue weighted by Gasteiger charge is 2.01. The average Bonchev–Trinajstić information content (AvgIpc) is 1.99. The van der Waals surface area contributed by atoms with E-state index in [0.717, 1.165) is 10.0 Å². The lowest BCUT2D eigenvalue weighted by molar-refractivity contribution is 0.907. The largest absolute Gasteiger partial charge is 0.210 e. The number of hydrogen-bond donors (Lipinski definition) is 1. The number of nitrogens with one attached hydrogen (secondary N) is 1. The zero-order chi connectivity index (χ0) is 8.27. The van der Waals surface area contributed by atoms with Crippen LogP contribution in [-0.2, 0) is 6.54 Å². The fraction of sp³-hybridized carbons (Fsp3) is 0.143. The molecule has 1 N–H and O–H groups in total. The molecular formula is C7H6BrClN2. The van der Waals surface area contributed by atoms with E-state index in [-0.39, 0.29) is 0 Å². The van der Waals surface area contributed by atoms with Crippen molar-refractivity contribution < 1.29 is 0 Å². The summed E-state index contributed by atoms with van der Waals surface area (Å²) in [5.41, 5.74) is 7.53. The Morgan fingerprint density at radius 1 is 1.55 bits per heavy atom. The maximum absolute atomic E-state index is 6.66. The van der Waals surface area contributed by atoms with Gasteiger partial charge in [-0.1, -0.05) is 23.7 Å². The quantitative estimate of drug-likeness (QED) is 0.757. The van der Waals surface area contributed by atoms with E-state index < -0.39 is 0 Å². The topological polar surface area (TPSA) is 36.2 Å². The predicted molar refractivity (Wildman–Crippen MR) is 48.0 cm³/mol. The first-order valence-electron chi connectivity index (χ1n) is 3.02. The normalized spacial score (nSPS) is 9.64. The Bertz CT molecular complexity index is 275. The number of hydrogen-bond acceptors (Lipinski definition) is 2. The summed E-state index contributed by atoms with van der Waals surface area (Å²) in [7, 11) is 0. The molecule has 0 saturated heterocycles. The number of halogens is 2. The van der Waals surface area contributed by atoms with Gasteiger partial charge in [-0.2, -0.15) is 5.11 Å². The fourth-order valence-corrected chi connectivity index (χ4v) is 1.35. The summed E-state index contributed by atoms with van der Waals surface area (Å²) in [6, 6.07) is 5.58. The third-order valence-electron chi connectivity index (χ3n) is 1.28. The van der Waals surface area contributed by atoms with Crippen LogP contribution in [-0.4, -0.2) is 0 Å². The summed E-state index contributed by atoms with van der Waals surface area (Å²) in [5, 5.41) is 3.89. The Kier molecular flexibility index (Phi) is 3.02. The van der Waals surface area contributed by atoms with Gasteiger partial charge in [0.05, 0.1) is 11.6 Å². The molecule has 0 bridgehead atoms. The van der Waals surface area contributed by atoms with Crippen molar-refractivity contribution >= 4 is 27.5 Å². The van der Waals surface area contributed by atoms with Gasteiger partial charge in [-0.15, -0.1) is 0 Å². The molecule has 0 heterocycles. The van der Waals surface area contributed by atoms with E-state index in [9.17, 15) is 0 Å². The van der Waals surface area contributed by atoms with Crippen LogP contribution in [0.1, 0.15) is 5.56 Å². The van der Waals surface area contributed by atoms with Gasteiger partial charge >= 0.3 is 0 Å². The molecular weight excluding hydrogens is 227 g/mol. The van der Waals surface area contributed by atoms with E-state index in [4.69, 9.17) is 17.1 Å². The molecule has 0 aliphatic heterocycles. The molecule has 0 aliphatic rings. The summed E-state index contributed by atoms with van der Waals surface area (Å²) in [5.74, 6) is 0. The molecule has 1 aromatic rings. The van der Waals surface area contributed by atoms with Crippen LogP contribution in [0.3, 0.4) is 0 Å². The van der Waals surface area contributed by atoms with Crippen LogP contribution in [0.2, 0.25) is 5.02 Å². The van der Waals surface area contributed by atoms with E-state index in [2.05, 4.69) is 21.0 Å². The van der Waals surface area contributed by atoms with Gasteiger partial charge < -0.3 is 0 Å². The first kappa shape index (κ1) is 8.68. The number of nitrogens with zero attached hydrogens (tertiary/aromatic N) is 1. The summed E-state index contributed by atoms with van der Waals surface area (Å²) in [4.78, 5) is 0. The summed E-state index contributed by atoms with van der Waals surface area (Å²) >= 11 is 9.16. The highest BCUT2D eigenvalue weighted by atomic mass is 79.9. The lowest BCUT2D eigenvalue weighted by Crippen LogP contribution is -1.82. The highest BCUT2D eigenvalue weighted by molar-refractivity contribution is 9.10. The molecule has 58 valence electrons. The molecule has 4 heteroatoms. The molecule has 11 heavy (non-hydrogen) atoms. The van der Waals surface area contributed by atoms with Gasteiger partial charge in [0.2, 0.25) is 0 Å². The molecule has 1 aromatic carbocycles. The van der Waals surface area contributed by atoms with Crippen LogP contribution in [0, 0.1) is 5.53 Å². The third kappa shape index (κ3) is 2.01. The van der Waals surface area contributed by atoms with Gasteiger partial charge in [0.25, 0.3) is 0 Å². The van der Waals surface area contributed by atoms with E-state index in [1.807, 2.05) is 18.2 Å². The van der Waals surface area contributed by atoms with Crippen molar-refractivity contribution in [2.75, 3.05) is 0 Å². The Labute approximate surface area is 78.2 Å². The molecule has 2 nitrogen and oxygen atoms in total. The van der Waals surface area contributed by atoms with Crippen LogP contribution in [0.5, 0.6) is 0 Å². The molecule has 0 spiro atoms. The van der Waals surface area contributed by atoms with Crippen molar-refractivity contribution in [2.45, 2.75) is 6.54 Å². The molecule has 0 atom stereocenters. The average molecular weight is 233 g/mol. The Morgan fingerprint density at radius 2 is 2.27 bits per heavy atom. The predicted octanol–water partition coefficient (Wildman–Crippen LogP) is 3.63. The minimum Gasteiger partial charge on any atom is -0.210 e. The standard InChI is InChI=1S/C7H6BrClN2/c8-6-3-1-2-5(4-11-10)7(6)9/h1-3,10H,4H2. The maximum atomic E-state index is 6.66. The van der Waals surface area contributed by atoms with E-state index in [1.165, 1.54) is 0 Å². The number of rotatable bonds is 2. The Morgan fingerprint density at radius 3 is 2.91 bits per heavy atom. The molecule has 0 radical (unpaired) electrons. The zero-order valence-corrected chi connectivity index (χ0v) is 7.98. The van der Waals surface area contributed by atoms with E-state index in [1.54, 1.807) is 0 Å². The van der Waals surface area contributed by atoms with Gasteiger partial charge in [0.15, 0.2) is 0 Å². The molecule has 0 amide bonds. The molecule has 0 unspecified atom stereocenters. The molecule has 0 aromatic heterocycles. The summed E-state index contributed by atoms with van der Waals surface area (Å²) in [6.45, 7) is 0.346. The number of benzene rings is 1. The maximum Gasteiger partial charge on any atom is 0.0861 e. The van der Waals surface area contributed by atoms with Crippen molar-refractivity contribution in [3.05, 3.63) is 33.3 Å². The summed E-state index contributed by atoms with van der Waals surface area (Å²) in [6.07, 6.45) is 0. The Hall–Kier alpha value is -0.410. The zero-order valence-electron chi connectivity index (χ0n) is 5.64. The van der Waals surface area contributed by atoms with Crippen molar-refractivity contribution in [3.8, 4) is 0 Å². The van der Waals surface area contributed by atoms with Crippen LogP contribution < -0.4 is 0 Å². The Balaban J connectivity index is 3.05. The summed E-state index contributed by atoms with van der Waals surface area (Å²) < 4.78 is 0.848. The first-order chi connectivity index (χ1) is 5.25. The first-order valence-corrected chi connectivity index (χ1v) is 4.19. The van der Waals surface area contributed by atoms with E-state index in [0.29, 0.717) is 11.6 Å². The minimum absolute atomic E-state index is 0.346. The third-order valence-corrected chi connectivity index (χ3v) is 2.62. The van der Waals surface area contributed by atoms with Crippen molar-refractivity contribution in [1.29, 1.82) is 5.53 Å². The van der Waals surface area contributed by atoms with Crippen LogP contribution >= 0.6 is 27.5 Å². The fourth-order valence-electron chi connectivity index (χ4n) is 0.756. The van der Waals surface area contributed by atoms with Crippen molar-refractivity contribution in [1.82, 2.24) is 0 Å². The second-order valence-electron chi connectivity index (χ2n) is 2.03. The molecule has 0 fully saturated rings. The van der Waals surface area contributed by atoms with Crippen molar-refractivity contribution in [2.24, 2.45) is 5.11 Å². The van der Waals surface area contributed by atoms with Crippen LogP contribution in [0.4, 0.5) is 0 Å². The second-order valence-corrected chi connectivity index (χ2v) is 3.26. The smallest absolute Gasteiger partial charge is 0.0861 e. The van der Waals surface area contributed by atoms with Gasteiger partial charge in [-0.25, -0.2) is 5.53 Å². The van der Waals surface area contributed by atoms with Gasteiger partial charge in [0.1, 0.15) is 0 Å². The molecule has 0 saturated carbocycles. The van der Waals surface area contributed by atoms with Gasteiger partial charge in [-0.3, -0.25) is 0 Å². The SMILES string of the molecule is N=NCc1cccc(Br)c1Cl. The van der Waals surface area contributed by atoms with Crippen LogP contribution in [0.25, 0.3) is 0 Å². The van der Waals surface area contributed by atoms with Gasteiger partial charge in [0, 0.05) is 4.47 Å². The van der Waals surface area contributed by atoms with E-state index >= 15 is 0 Å². The second kappa shape index (κ2) is 3.83. The van der Waals surface area contributed by atoms with Gasteiger partial charge in [-0.05, 0) is 27.6 Å². The molecule has 0 aliphatic carbocycles. The monoisotopic (exact) mass is 232 g/mol. The minimum atomic E-state index is 0.346. The van der Waals surface area contributed by atoms with Crippen molar-refractivity contribution in [3.63, 3.8) is 0 Å². The van der Waals surface area contributed by atoms with Crippen LogP contribution in [0.15, 0.2) is 27.8 Å². The lowest BCUT2D eigenvalue weighted by atomic mass is 10.2. The highest BCUT2D eigenvalue weighted by Crippen LogP contribution is 2.26.